The second-order valence-electron chi connectivity index (χ2n) is 3.84. The maximum atomic E-state index is 10.9. The highest BCUT2D eigenvalue weighted by atomic mass is 16.1. The molecule has 0 aliphatic carbocycles. The van der Waals surface area contributed by atoms with Gasteiger partial charge in [0.25, 0.3) is 0 Å². The molecule has 0 bridgehead atoms. The van der Waals surface area contributed by atoms with Crippen LogP contribution in [-0.2, 0) is 11.2 Å². The minimum absolute atomic E-state index is 0.0887. The predicted octanol–water partition coefficient (Wildman–Crippen LogP) is 2.81. The van der Waals surface area contributed by atoms with E-state index in [1.165, 1.54) is 6.92 Å². The van der Waals surface area contributed by atoms with Gasteiger partial charge in [0, 0.05) is 24.7 Å². The quantitative estimate of drug-likeness (QED) is 0.732. The van der Waals surface area contributed by atoms with Crippen molar-refractivity contribution in [2.45, 2.75) is 33.1 Å². The molecule has 2 N–H and O–H groups in total. The Balaban J connectivity index is 2.67. The largest absolute Gasteiger partial charge is 0.326 e. The van der Waals surface area contributed by atoms with Crippen LogP contribution in [0.2, 0.25) is 0 Å². The normalized spacial score (nSPS) is 9.88. The van der Waals surface area contributed by atoms with Gasteiger partial charge in [-0.15, -0.1) is 0 Å². The van der Waals surface area contributed by atoms with Gasteiger partial charge in [-0.3, -0.25) is 4.79 Å². The summed E-state index contributed by atoms with van der Waals surface area (Å²) in [5.74, 6) is -0.0887. The molecule has 0 aliphatic rings. The van der Waals surface area contributed by atoms with Crippen molar-refractivity contribution in [2.24, 2.45) is 0 Å². The van der Waals surface area contributed by atoms with Crippen LogP contribution >= 0.6 is 0 Å². The molecule has 1 aromatic rings. The lowest BCUT2D eigenvalue weighted by atomic mass is 10.0. The smallest absolute Gasteiger partial charge is 0.221 e. The summed E-state index contributed by atoms with van der Waals surface area (Å²) < 4.78 is 0. The van der Waals surface area contributed by atoms with Crippen molar-refractivity contribution in [2.75, 3.05) is 5.32 Å². The Morgan fingerprint density at radius 3 is 2.88 bits per heavy atom. The number of nitrogens with one attached hydrogen (secondary N) is 2. The van der Waals surface area contributed by atoms with Gasteiger partial charge in [-0.1, -0.05) is 19.4 Å². The third-order valence-corrected chi connectivity index (χ3v) is 2.14. The number of carbonyl (C=O) groups is 1. The Hall–Kier alpha value is -1.64. The van der Waals surface area contributed by atoms with Gasteiger partial charge in [-0.2, -0.15) is 0 Å². The SMILES string of the molecule is CCCC(=N)Cc1c[c]cc(NC(C)=O)c1. The summed E-state index contributed by atoms with van der Waals surface area (Å²) >= 11 is 0. The van der Waals surface area contributed by atoms with Gasteiger partial charge >= 0.3 is 0 Å². The molecule has 0 heterocycles. The van der Waals surface area contributed by atoms with Crippen molar-refractivity contribution in [3.05, 3.63) is 29.8 Å². The van der Waals surface area contributed by atoms with Crippen molar-refractivity contribution in [1.82, 2.24) is 0 Å². The first-order valence-corrected chi connectivity index (χ1v) is 5.45. The predicted molar refractivity (Wildman–Crippen MR) is 65.9 cm³/mol. The van der Waals surface area contributed by atoms with Gasteiger partial charge in [-0.25, -0.2) is 0 Å². The monoisotopic (exact) mass is 217 g/mol. The molecule has 0 saturated carbocycles. The number of hydrogen-bond acceptors (Lipinski definition) is 2. The summed E-state index contributed by atoms with van der Waals surface area (Å²) in [4.78, 5) is 10.9. The minimum Gasteiger partial charge on any atom is -0.326 e. The zero-order valence-electron chi connectivity index (χ0n) is 9.76. The Morgan fingerprint density at radius 2 is 2.25 bits per heavy atom. The Labute approximate surface area is 96.4 Å². The van der Waals surface area contributed by atoms with Gasteiger partial charge in [-0.05, 0) is 30.2 Å². The number of carbonyl (C=O) groups excluding carboxylic acids is 1. The highest BCUT2D eigenvalue weighted by molar-refractivity contribution is 5.89. The summed E-state index contributed by atoms with van der Waals surface area (Å²) in [6, 6.07) is 8.45. The zero-order valence-corrected chi connectivity index (χ0v) is 9.76. The van der Waals surface area contributed by atoms with Crippen molar-refractivity contribution >= 4 is 17.3 Å². The van der Waals surface area contributed by atoms with E-state index in [1.807, 2.05) is 12.1 Å². The summed E-state index contributed by atoms with van der Waals surface area (Å²) in [5.41, 5.74) is 2.48. The maximum absolute atomic E-state index is 10.9. The molecular weight excluding hydrogens is 200 g/mol. The van der Waals surface area contributed by atoms with Crippen molar-refractivity contribution in [1.29, 1.82) is 5.41 Å². The second kappa shape index (κ2) is 6.05. The molecule has 0 spiro atoms. The first kappa shape index (κ1) is 12.4. The summed E-state index contributed by atoms with van der Waals surface area (Å²) in [5, 5.41) is 10.4. The van der Waals surface area contributed by atoms with Crippen LogP contribution in [0.4, 0.5) is 5.69 Å². The fourth-order valence-electron chi connectivity index (χ4n) is 1.54. The Bertz CT molecular complexity index is 385. The summed E-state index contributed by atoms with van der Waals surface area (Å²) in [6.07, 6.45) is 2.45. The summed E-state index contributed by atoms with van der Waals surface area (Å²) in [7, 11) is 0. The number of rotatable bonds is 5. The van der Waals surface area contributed by atoms with Crippen LogP contribution in [0.15, 0.2) is 18.2 Å². The van der Waals surface area contributed by atoms with Gasteiger partial charge in [0.1, 0.15) is 0 Å². The molecule has 3 heteroatoms. The lowest BCUT2D eigenvalue weighted by Crippen LogP contribution is -2.07. The molecular formula is C13H17N2O. The van der Waals surface area contributed by atoms with E-state index in [1.54, 1.807) is 6.07 Å². The van der Waals surface area contributed by atoms with Gasteiger partial charge < -0.3 is 10.7 Å². The van der Waals surface area contributed by atoms with Crippen LogP contribution in [0.3, 0.4) is 0 Å². The number of amides is 1. The third kappa shape index (κ3) is 4.26. The number of benzene rings is 1. The highest BCUT2D eigenvalue weighted by Gasteiger charge is 2.01. The Kier molecular flexibility index (Phi) is 4.70. The van der Waals surface area contributed by atoms with E-state index in [4.69, 9.17) is 5.41 Å². The molecule has 0 aromatic heterocycles. The summed E-state index contributed by atoms with van der Waals surface area (Å²) in [6.45, 7) is 3.54. The highest BCUT2D eigenvalue weighted by Crippen LogP contribution is 2.11. The van der Waals surface area contributed by atoms with E-state index in [9.17, 15) is 4.79 Å². The van der Waals surface area contributed by atoms with E-state index < -0.39 is 0 Å². The molecule has 85 valence electrons. The van der Waals surface area contributed by atoms with Crippen LogP contribution in [-0.4, -0.2) is 11.6 Å². The lowest BCUT2D eigenvalue weighted by molar-refractivity contribution is -0.114. The van der Waals surface area contributed by atoms with E-state index in [0.717, 1.165) is 29.8 Å². The standard InChI is InChI=1S/C13H17N2O/c1-3-5-12(14)8-11-6-4-7-13(9-11)15-10(2)16/h6-7,9,14H,3,5,8H2,1-2H3,(H,15,16). The van der Waals surface area contributed by atoms with E-state index in [-0.39, 0.29) is 5.91 Å². The van der Waals surface area contributed by atoms with E-state index in [2.05, 4.69) is 18.3 Å². The van der Waals surface area contributed by atoms with Crippen LogP contribution in [0.1, 0.15) is 32.3 Å². The van der Waals surface area contributed by atoms with Crippen LogP contribution in [0.5, 0.6) is 0 Å². The van der Waals surface area contributed by atoms with Crippen molar-refractivity contribution in [3.8, 4) is 0 Å². The average molecular weight is 217 g/mol. The van der Waals surface area contributed by atoms with Crippen LogP contribution < -0.4 is 5.32 Å². The van der Waals surface area contributed by atoms with Crippen LogP contribution in [0, 0.1) is 11.5 Å². The number of anilines is 1. The molecule has 3 nitrogen and oxygen atoms in total. The molecule has 0 aliphatic heterocycles. The molecule has 1 aromatic carbocycles. The molecule has 0 saturated heterocycles. The van der Waals surface area contributed by atoms with Gasteiger partial charge in [0.15, 0.2) is 0 Å². The van der Waals surface area contributed by atoms with Crippen molar-refractivity contribution < 1.29 is 4.79 Å². The third-order valence-electron chi connectivity index (χ3n) is 2.14. The van der Waals surface area contributed by atoms with E-state index in [0.29, 0.717) is 6.42 Å². The van der Waals surface area contributed by atoms with Gasteiger partial charge in [0.05, 0.1) is 0 Å². The van der Waals surface area contributed by atoms with Crippen molar-refractivity contribution in [3.63, 3.8) is 0 Å². The Morgan fingerprint density at radius 1 is 1.50 bits per heavy atom. The molecule has 0 atom stereocenters. The average Bonchev–Trinajstić information content (AvgIpc) is 2.17. The molecule has 0 fully saturated rings. The first-order chi connectivity index (χ1) is 7.61. The molecule has 0 unspecified atom stereocenters. The topological polar surface area (TPSA) is 53.0 Å². The van der Waals surface area contributed by atoms with Crippen LogP contribution in [0.25, 0.3) is 0 Å². The van der Waals surface area contributed by atoms with E-state index >= 15 is 0 Å². The molecule has 16 heavy (non-hydrogen) atoms. The molecule has 1 radical (unpaired) electrons. The minimum atomic E-state index is -0.0887. The molecule has 1 rings (SSSR count). The first-order valence-electron chi connectivity index (χ1n) is 5.45. The molecule has 1 amide bonds. The fourth-order valence-corrected chi connectivity index (χ4v) is 1.54. The second-order valence-corrected chi connectivity index (χ2v) is 3.84. The fraction of sp³-hybridized carbons (Fsp3) is 0.385. The number of hydrogen-bond donors (Lipinski definition) is 2. The zero-order chi connectivity index (χ0) is 12.0. The lowest BCUT2D eigenvalue weighted by Gasteiger charge is -2.06. The van der Waals surface area contributed by atoms with Gasteiger partial charge in [0.2, 0.25) is 5.91 Å². The maximum Gasteiger partial charge on any atom is 0.221 e.